The summed E-state index contributed by atoms with van der Waals surface area (Å²) in [4.78, 5) is 53.8. The first kappa shape index (κ1) is 24.6. The molecule has 0 saturated carbocycles. The van der Waals surface area contributed by atoms with E-state index in [1.54, 1.807) is 0 Å². The number of hydrogen-bond donors (Lipinski definition) is 0. The Balaban J connectivity index is 1.13. The third-order valence-electron chi connectivity index (χ3n) is 11.1. The Bertz CT molecular complexity index is 2330. The minimum atomic E-state index is -0.610. The van der Waals surface area contributed by atoms with E-state index < -0.39 is 23.7 Å². The molecular weight excluding hydrogens is 568 g/mol. The summed E-state index contributed by atoms with van der Waals surface area (Å²) in [5.41, 5.74) is 7.35. The number of hydrogen-bond acceptors (Lipinski definition) is 4. The molecule has 0 aliphatic heterocycles. The van der Waals surface area contributed by atoms with Gasteiger partial charge in [0.15, 0.2) is 0 Å². The Hall–Kier alpha value is -5.74. The minimum absolute atomic E-state index is 0.333. The molecule has 6 aliphatic rings. The van der Waals surface area contributed by atoms with Gasteiger partial charge in [0.1, 0.15) is 0 Å². The van der Waals surface area contributed by atoms with E-state index in [9.17, 15) is 19.2 Å². The number of benzene rings is 7. The van der Waals surface area contributed by atoms with Crippen molar-refractivity contribution in [3.05, 3.63) is 154 Å². The molecule has 46 heavy (non-hydrogen) atoms. The van der Waals surface area contributed by atoms with Crippen LogP contribution in [0.25, 0.3) is 43.1 Å². The highest BCUT2D eigenvalue weighted by molar-refractivity contribution is 6.46. The molecule has 0 aromatic heterocycles. The highest BCUT2D eigenvalue weighted by Crippen LogP contribution is 2.53. The van der Waals surface area contributed by atoms with Gasteiger partial charge in [0.2, 0.25) is 23.1 Å². The van der Waals surface area contributed by atoms with E-state index >= 15 is 0 Å². The van der Waals surface area contributed by atoms with Crippen LogP contribution in [0.15, 0.2) is 109 Å². The standard InChI is InChI=1S/C42H22O4/c43-39-35-27-11-19-5-1-2-6-20(19)12-28(27)36(40(39)44)32-16-24-10-26-18-34-33(17-25(26)9-23(24)15-31(32)35)37-29-13-21-7-3-4-8-22(21)14-30(29)38(34)42(46)41(37)45/h1-18,35-38H/t35-,36+,37+,38-. The highest BCUT2D eigenvalue weighted by Gasteiger charge is 2.50. The largest absolute Gasteiger partial charge is 0.290 e. The van der Waals surface area contributed by atoms with E-state index in [0.29, 0.717) is 0 Å². The lowest BCUT2D eigenvalue weighted by Crippen LogP contribution is -2.40. The zero-order valence-electron chi connectivity index (χ0n) is 24.3. The Morgan fingerprint density at radius 3 is 0.674 bits per heavy atom. The van der Waals surface area contributed by atoms with Gasteiger partial charge in [-0.2, -0.15) is 0 Å². The van der Waals surface area contributed by atoms with Crippen LogP contribution in [0, 0.1) is 0 Å². The predicted octanol–water partition coefficient (Wildman–Crippen LogP) is 7.76. The number of carbonyl (C=O) groups is 4. The lowest BCUT2D eigenvalue weighted by molar-refractivity contribution is -0.138. The highest BCUT2D eigenvalue weighted by atomic mass is 16.2. The third-order valence-corrected chi connectivity index (χ3v) is 11.1. The molecule has 0 heterocycles. The van der Waals surface area contributed by atoms with Gasteiger partial charge in [0.05, 0.1) is 23.7 Å². The van der Waals surface area contributed by atoms with Gasteiger partial charge in [0.25, 0.3) is 0 Å². The van der Waals surface area contributed by atoms with Crippen molar-refractivity contribution in [2.75, 3.05) is 0 Å². The van der Waals surface area contributed by atoms with E-state index in [4.69, 9.17) is 0 Å². The fourth-order valence-corrected chi connectivity index (χ4v) is 9.09. The van der Waals surface area contributed by atoms with Crippen LogP contribution in [-0.2, 0) is 19.2 Å². The Labute approximate surface area is 262 Å². The number of rotatable bonds is 0. The molecule has 7 aromatic rings. The Kier molecular flexibility index (Phi) is 4.32. The molecular formula is C42H22O4. The summed E-state index contributed by atoms with van der Waals surface area (Å²) in [6, 6.07) is 37.1. The molecule has 0 radical (unpaired) electrons. The monoisotopic (exact) mass is 590 g/mol. The van der Waals surface area contributed by atoms with Crippen molar-refractivity contribution >= 4 is 66.2 Å². The van der Waals surface area contributed by atoms with Crippen LogP contribution >= 0.6 is 0 Å². The second-order valence-electron chi connectivity index (χ2n) is 13.4. The molecule has 4 nitrogen and oxygen atoms in total. The predicted molar refractivity (Wildman–Crippen MR) is 177 cm³/mol. The van der Waals surface area contributed by atoms with Crippen LogP contribution in [0.3, 0.4) is 0 Å². The molecule has 0 amide bonds. The molecule has 4 heteroatoms. The first-order valence-electron chi connectivity index (χ1n) is 15.7. The second-order valence-corrected chi connectivity index (χ2v) is 13.4. The van der Waals surface area contributed by atoms with Crippen molar-refractivity contribution in [2.24, 2.45) is 0 Å². The fraction of sp³-hybridized carbons (Fsp3) is 0.0952. The summed E-state index contributed by atoms with van der Waals surface area (Å²) in [6.07, 6.45) is 0. The summed E-state index contributed by atoms with van der Waals surface area (Å²) in [6.45, 7) is 0. The van der Waals surface area contributed by atoms with Gasteiger partial charge in [-0.05, 0) is 148 Å². The number of fused-ring (bicyclic) bond motifs is 6. The normalized spacial score (nSPS) is 22.1. The summed E-state index contributed by atoms with van der Waals surface area (Å²) in [5, 5.41) is 8.17. The third kappa shape index (κ3) is 2.86. The Morgan fingerprint density at radius 2 is 0.457 bits per heavy atom. The SMILES string of the molecule is O=C1C(=O)[C@H]2c3cc4ccccc4cc3[C@@H]1c1cc3cc4cc5c(cc4cc3cc12)[C@@H]1C(=O)C(=O)[C@H]5c2cc3ccccc3cc21. The average molecular weight is 591 g/mol. The van der Waals surface area contributed by atoms with Crippen LogP contribution in [0.1, 0.15) is 68.2 Å². The van der Waals surface area contributed by atoms with Gasteiger partial charge in [0, 0.05) is 0 Å². The van der Waals surface area contributed by atoms with Gasteiger partial charge >= 0.3 is 0 Å². The van der Waals surface area contributed by atoms with Crippen molar-refractivity contribution in [3.63, 3.8) is 0 Å². The van der Waals surface area contributed by atoms with Gasteiger partial charge in [-0.1, -0.05) is 48.5 Å². The molecule has 214 valence electrons. The summed E-state index contributed by atoms with van der Waals surface area (Å²) in [7, 11) is 0. The van der Waals surface area contributed by atoms with Gasteiger partial charge < -0.3 is 0 Å². The van der Waals surface area contributed by atoms with Crippen LogP contribution in [0.4, 0.5) is 0 Å². The van der Waals surface area contributed by atoms with Crippen molar-refractivity contribution in [1.82, 2.24) is 0 Å². The van der Waals surface area contributed by atoms with Crippen molar-refractivity contribution in [2.45, 2.75) is 23.7 Å². The van der Waals surface area contributed by atoms with Crippen LogP contribution < -0.4 is 0 Å². The Morgan fingerprint density at radius 1 is 0.261 bits per heavy atom. The lowest BCUT2D eigenvalue weighted by atomic mass is 9.61. The van der Waals surface area contributed by atoms with Crippen LogP contribution in [-0.4, -0.2) is 23.1 Å². The number of carbonyl (C=O) groups excluding carboxylic acids is 4. The van der Waals surface area contributed by atoms with Crippen molar-refractivity contribution < 1.29 is 19.2 Å². The first-order chi connectivity index (χ1) is 22.4. The van der Waals surface area contributed by atoms with Crippen molar-refractivity contribution in [1.29, 1.82) is 0 Å². The van der Waals surface area contributed by atoms with Crippen LogP contribution in [0.5, 0.6) is 0 Å². The number of ketones is 4. The maximum Gasteiger partial charge on any atom is 0.211 e. The molecule has 0 unspecified atom stereocenters. The minimum Gasteiger partial charge on any atom is -0.290 e. The van der Waals surface area contributed by atoms with E-state index in [1.165, 1.54) is 0 Å². The number of Topliss-reactive ketones (excluding diaryl/α,β-unsaturated/α-hetero) is 4. The molecule has 0 fully saturated rings. The molecule has 0 N–H and O–H groups in total. The molecule has 7 aromatic carbocycles. The van der Waals surface area contributed by atoms with Gasteiger partial charge in [-0.25, -0.2) is 0 Å². The lowest BCUT2D eigenvalue weighted by Gasteiger charge is -2.39. The van der Waals surface area contributed by atoms with E-state index in [0.717, 1.165) is 87.6 Å². The van der Waals surface area contributed by atoms with E-state index in [2.05, 4.69) is 60.7 Å². The molecule has 6 aliphatic carbocycles. The topological polar surface area (TPSA) is 68.3 Å². The first-order valence-corrected chi connectivity index (χ1v) is 15.7. The second kappa shape index (κ2) is 8.09. The zero-order chi connectivity index (χ0) is 30.6. The maximum absolute atomic E-state index is 13.5. The quantitative estimate of drug-likeness (QED) is 0.134. The summed E-state index contributed by atoms with van der Waals surface area (Å²) in [5.74, 6) is -3.77. The molecule has 4 atom stereocenters. The zero-order valence-corrected chi connectivity index (χ0v) is 24.3. The summed E-state index contributed by atoms with van der Waals surface area (Å²) < 4.78 is 0. The van der Waals surface area contributed by atoms with E-state index in [-0.39, 0.29) is 23.1 Å². The smallest absolute Gasteiger partial charge is 0.211 e. The fourth-order valence-electron chi connectivity index (χ4n) is 9.09. The average Bonchev–Trinajstić information content (AvgIpc) is 3.06. The molecule has 4 bridgehead atoms. The van der Waals surface area contributed by atoms with Gasteiger partial charge in [-0.3, -0.25) is 19.2 Å². The van der Waals surface area contributed by atoms with Crippen LogP contribution in [0.2, 0.25) is 0 Å². The molecule has 0 spiro atoms. The van der Waals surface area contributed by atoms with E-state index in [1.807, 2.05) is 48.5 Å². The molecule has 13 rings (SSSR count). The van der Waals surface area contributed by atoms with Crippen molar-refractivity contribution in [3.8, 4) is 0 Å². The summed E-state index contributed by atoms with van der Waals surface area (Å²) >= 11 is 0. The van der Waals surface area contributed by atoms with Gasteiger partial charge in [-0.15, -0.1) is 0 Å². The maximum atomic E-state index is 13.5. The molecule has 0 saturated heterocycles.